The number of aliphatic carboxylic acids is 2. The Kier molecular flexibility index (Phi) is 10.3. The first kappa shape index (κ1) is 30.3. The number of likely N-dealkylation sites (tertiary alicyclic amines) is 2. The summed E-state index contributed by atoms with van der Waals surface area (Å²) in [5, 5.41) is 14.2. The fourth-order valence-electron chi connectivity index (χ4n) is 4.64. The minimum atomic E-state index is -5.08. The number of amides is 1. The van der Waals surface area contributed by atoms with Crippen molar-refractivity contribution in [3.05, 3.63) is 30.1 Å². The van der Waals surface area contributed by atoms with Gasteiger partial charge >= 0.3 is 24.3 Å². The van der Waals surface area contributed by atoms with Crippen molar-refractivity contribution < 1.29 is 50.9 Å². The van der Waals surface area contributed by atoms with E-state index in [4.69, 9.17) is 19.8 Å². The average molecular weight is 541 g/mol. The van der Waals surface area contributed by atoms with Crippen LogP contribution in [0.25, 0.3) is 0 Å². The molecule has 3 heterocycles. The van der Waals surface area contributed by atoms with Crippen LogP contribution in [0.3, 0.4) is 0 Å². The molecule has 3 fully saturated rings. The maximum atomic E-state index is 12.6. The van der Waals surface area contributed by atoms with Gasteiger partial charge < -0.3 is 15.1 Å². The number of rotatable bonds is 3. The lowest BCUT2D eigenvalue weighted by molar-refractivity contribution is -0.193. The number of hydrogen-bond acceptors (Lipinski definition) is 5. The minimum Gasteiger partial charge on any atom is -0.475 e. The summed E-state index contributed by atoms with van der Waals surface area (Å²) in [6.45, 7) is 4.39. The summed E-state index contributed by atoms with van der Waals surface area (Å²) in [5.41, 5.74) is 1.17. The maximum Gasteiger partial charge on any atom is 0.490 e. The number of hydrogen-bond donors (Lipinski definition) is 2. The molecule has 1 amide bonds. The molecule has 4 rings (SSSR count). The van der Waals surface area contributed by atoms with Crippen LogP contribution in [0, 0.1) is 5.92 Å². The highest BCUT2D eigenvalue weighted by atomic mass is 19.4. The van der Waals surface area contributed by atoms with Gasteiger partial charge in [-0.1, -0.05) is 6.42 Å². The number of carboxylic acids is 2. The number of alkyl halides is 6. The van der Waals surface area contributed by atoms with Gasteiger partial charge in [-0.25, -0.2) is 9.59 Å². The summed E-state index contributed by atoms with van der Waals surface area (Å²) in [6.07, 6.45) is 2.50. The van der Waals surface area contributed by atoms with Crippen molar-refractivity contribution in [3.8, 4) is 0 Å². The minimum absolute atomic E-state index is 0.172. The molecule has 2 N–H and O–H groups in total. The van der Waals surface area contributed by atoms with Crippen LogP contribution in [-0.4, -0.2) is 86.9 Å². The highest BCUT2D eigenvalue weighted by Gasteiger charge is 2.44. The fourth-order valence-corrected chi connectivity index (χ4v) is 4.64. The molecular formula is C23H29F6N3O5. The molecule has 1 aromatic heterocycles. The van der Waals surface area contributed by atoms with Crippen molar-refractivity contribution in [2.75, 3.05) is 26.2 Å². The van der Waals surface area contributed by atoms with Crippen LogP contribution in [0.2, 0.25) is 0 Å². The molecule has 0 bridgehead atoms. The maximum absolute atomic E-state index is 12.6. The lowest BCUT2D eigenvalue weighted by Crippen LogP contribution is -2.54. The molecule has 1 saturated carbocycles. The Labute approximate surface area is 209 Å². The molecule has 3 aliphatic rings. The Bertz CT molecular complexity index is 890. The number of nitrogens with zero attached hydrogens (tertiary/aromatic N) is 3. The molecular weight excluding hydrogens is 512 g/mol. The van der Waals surface area contributed by atoms with Crippen LogP contribution in [0.15, 0.2) is 24.5 Å². The van der Waals surface area contributed by atoms with Gasteiger partial charge in [0.25, 0.3) is 5.91 Å². The average Bonchev–Trinajstić information content (AvgIpc) is 3.18. The summed E-state index contributed by atoms with van der Waals surface area (Å²) in [7, 11) is 0. The van der Waals surface area contributed by atoms with Crippen molar-refractivity contribution in [3.63, 3.8) is 0 Å². The fraction of sp³-hybridized carbons (Fsp3) is 0.652. The highest BCUT2D eigenvalue weighted by Crippen LogP contribution is 2.41. The van der Waals surface area contributed by atoms with E-state index in [9.17, 15) is 31.1 Å². The second-order valence-electron chi connectivity index (χ2n) is 9.20. The van der Waals surface area contributed by atoms with Crippen molar-refractivity contribution in [1.82, 2.24) is 14.8 Å². The zero-order valence-corrected chi connectivity index (χ0v) is 19.9. The summed E-state index contributed by atoms with van der Waals surface area (Å²) < 4.78 is 63.5. The standard InChI is InChI=1S/C19H27N3O.2C2HF3O2/c23-18(17-5-10-20-11-6-17)21-13-8-19(9-14-21)7-2-12-22(19)15-16-3-1-4-16;2*3-2(4,5)1(6)7/h5-6,10-11,16H,1-4,7-9,12-15H2;2*(H,6,7). The van der Waals surface area contributed by atoms with Crippen LogP contribution >= 0.6 is 0 Å². The number of aromatic nitrogens is 1. The number of halogens is 6. The van der Waals surface area contributed by atoms with E-state index < -0.39 is 24.3 Å². The number of carbonyl (C=O) groups is 3. The van der Waals surface area contributed by atoms with Crippen molar-refractivity contribution >= 4 is 17.8 Å². The molecule has 0 atom stereocenters. The quantitative estimate of drug-likeness (QED) is 0.552. The smallest absolute Gasteiger partial charge is 0.475 e. The van der Waals surface area contributed by atoms with E-state index >= 15 is 0 Å². The number of piperidine rings is 1. The van der Waals surface area contributed by atoms with Gasteiger partial charge in [-0.3, -0.25) is 14.7 Å². The first-order valence-electron chi connectivity index (χ1n) is 11.7. The van der Waals surface area contributed by atoms with E-state index in [1.807, 2.05) is 17.0 Å². The largest absolute Gasteiger partial charge is 0.490 e. The van der Waals surface area contributed by atoms with Gasteiger partial charge in [-0.2, -0.15) is 26.3 Å². The summed E-state index contributed by atoms with van der Waals surface area (Å²) in [5.74, 6) is -4.40. The molecule has 14 heteroatoms. The van der Waals surface area contributed by atoms with E-state index in [1.54, 1.807) is 12.4 Å². The number of carboxylic acid groups (broad SMARTS) is 2. The molecule has 8 nitrogen and oxygen atoms in total. The van der Waals surface area contributed by atoms with Crippen LogP contribution in [0.4, 0.5) is 26.3 Å². The molecule has 208 valence electrons. The van der Waals surface area contributed by atoms with Crippen LogP contribution < -0.4 is 0 Å². The Morgan fingerprint density at radius 3 is 1.76 bits per heavy atom. The van der Waals surface area contributed by atoms with E-state index in [0.29, 0.717) is 5.54 Å². The van der Waals surface area contributed by atoms with Crippen molar-refractivity contribution in [1.29, 1.82) is 0 Å². The Balaban J connectivity index is 0.000000286. The summed E-state index contributed by atoms with van der Waals surface area (Å²) in [4.78, 5) is 39.2. The molecule has 1 spiro atoms. The third kappa shape index (κ3) is 8.86. The van der Waals surface area contributed by atoms with Gasteiger partial charge in [0, 0.05) is 43.1 Å². The van der Waals surface area contributed by atoms with Gasteiger partial charge in [-0.05, 0) is 63.1 Å². The third-order valence-corrected chi connectivity index (χ3v) is 6.84. The van der Waals surface area contributed by atoms with Crippen LogP contribution in [0.1, 0.15) is 55.3 Å². The Morgan fingerprint density at radius 2 is 1.35 bits per heavy atom. The third-order valence-electron chi connectivity index (χ3n) is 6.84. The molecule has 2 aliphatic heterocycles. The molecule has 2 saturated heterocycles. The Morgan fingerprint density at radius 1 is 0.865 bits per heavy atom. The Hall–Kier alpha value is -2.90. The monoisotopic (exact) mass is 541 g/mol. The SMILES string of the molecule is O=C(O)C(F)(F)F.O=C(O)C(F)(F)F.O=C(c1ccncc1)N1CCC2(CCCN2CC2CCC2)CC1. The molecule has 0 aromatic carbocycles. The van der Waals surface area contributed by atoms with Gasteiger partial charge in [0.15, 0.2) is 0 Å². The van der Waals surface area contributed by atoms with E-state index in [0.717, 1.165) is 37.4 Å². The molecule has 1 aliphatic carbocycles. The van der Waals surface area contributed by atoms with Crippen molar-refractivity contribution in [2.24, 2.45) is 5.92 Å². The zero-order chi connectivity index (χ0) is 27.9. The van der Waals surface area contributed by atoms with Crippen molar-refractivity contribution in [2.45, 2.75) is 62.8 Å². The second kappa shape index (κ2) is 12.6. The zero-order valence-electron chi connectivity index (χ0n) is 19.9. The molecule has 37 heavy (non-hydrogen) atoms. The van der Waals surface area contributed by atoms with Crippen LogP contribution in [0.5, 0.6) is 0 Å². The van der Waals surface area contributed by atoms with Gasteiger partial charge in [0.2, 0.25) is 0 Å². The predicted molar refractivity (Wildman–Crippen MR) is 118 cm³/mol. The second-order valence-corrected chi connectivity index (χ2v) is 9.20. The first-order valence-corrected chi connectivity index (χ1v) is 11.7. The normalized spacial score (nSPS) is 19.7. The lowest BCUT2D eigenvalue weighted by atomic mass is 9.81. The topological polar surface area (TPSA) is 111 Å². The first-order chi connectivity index (χ1) is 17.2. The van der Waals surface area contributed by atoms with Gasteiger partial charge in [0.1, 0.15) is 0 Å². The van der Waals surface area contributed by atoms with E-state index in [2.05, 4.69) is 9.88 Å². The van der Waals surface area contributed by atoms with Crippen LogP contribution in [-0.2, 0) is 9.59 Å². The lowest BCUT2D eigenvalue weighted by Gasteiger charge is -2.47. The number of pyridine rings is 1. The predicted octanol–water partition coefficient (Wildman–Crippen LogP) is 4.22. The van der Waals surface area contributed by atoms with E-state index in [1.165, 1.54) is 45.2 Å². The van der Waals surface area contributed by atoms with Gasteiger partial charge in [0.05, 0.1) is 0 Å². The summed E-state index contributed by atoms with van der Waals surface area (Å²) in [6, 6.07) is 3.65. The van der Waals surface area contributed by atoms with Gasteiger partial charge in [-0.15, -0.1) is 0 Å². The summed E-state index contributed by atoms with van der Waals surface area (Å²) >= 11 is 0. The molecule has 0 unspecified atom stereocenters. The number of carbonyl (C=O) groups excluding carboxylic acids is 1. The van der Waals surface area contributed by atoms with E-state index in [-0.39, 0.29) is 5.91 Å². The molecule has 1 aromatic rings. The molecule has 0 radical (unpaired) electrons. The highest BCUT2D eigenvalue weighted by molar-refractivity contribution is 5.94.